The van der Waals surface area contributed by atoms with Gasteiger partial charge in [0, 0.05) is 6.04 Å². The van der Waals surface area contributed by atoms with Crippen molar-refractivity contribution in [3.8, 4) is 0 Å². The molecule has 1 saturated carbocycles. The summed E-state index contributed by atoms with van der Waals surface area (Å²) in [4.78, 5) is 4.21. The monoisotopic (exact) mass is 222 g/mol. The molecule has 1 aromatic rings. The van der Waals surface area contributed by atoms with E-state index in [2.05, 4.69) is 31.1 Å². The standard InChI is InChI=1S/C13H22N2O/c1-9-5-13(3,4)6-11(9)14-8-12-15-7-10(2)16-12/h7,9,11,14H,5-6,8H2,1-4H3. The average molecular weight is 222 g/mol. The van der Waals surface area contributed by atoms with E-state index in [0.29, 0.717) is 11.5 Å². The zero-order valence-electron chi connectivity index (χ0n) is 10.7. The van der Waals surface area contributed by atoms with E-state index in [1.807, 2.05) is 6.92 Å². The average Bonchev–Trinajstić information content (AvgIpc) is 2.67. The first-order valence-electron chi connectivity index (χ1n) is 6.11. The van der Waals surface area contributed by atoms with E-state index in [9.17, 15) is 0 Å². The molecule has 1 heterocycles. The third-order valence-corrected chi connectivity index (χ3v) is 3.52. The second-order valence-electron chi connectivity index (χ2n) is 5.90. The third kappa shape index (κ3) is 2.64. The van der Waals surface area contributed by atoms with Gasteiger partial charge >= 0.3 is 0 Å². The molecule has 1 aromatic heterocycles. The summed E-state index contributed by atoms with van der Waals surface area (Å²) in [6.45, 7) is 9.70. The Labute approximate surface area is 97.6 Å². The van der Waals surface area contributed by atoms with Gasteiger partial charge in [-0.25, -0.2) is 4.98 Å². The van der Waals surface area contributed by atoms with E-state index >= 15 is 0 Å². The van der Waals surface area contributed by atoms with Crippen LogP contribution in [0.2, 0.25) is 0 Å². The number of aryl methyl sites for hydroxylation is 1. The van der Waals surface area contributed by atoms with Gasteiger partial charge in [0.25, 0.3) is 0 Å². The Balaban J connectivity index is 1.87. The van der Waals surface area contributed by atoms with Gasteiger partial charge in [0.05, 0.1) is 12.7 Å². The van der Waals surface area contributed by atoms with E-state index in [0.717, 1.165) is 24.1 Å². The minimum Gasteiger partial charge on any atom is -0.445 e. The summed E-state index contributed by atoms with van der Waals surface area (Å²) in [6.07, 6.45) is 4.32. The van der Waals surface area contributed by atoms with Crippen LogP contribution in [0.4, 0.5) is 0 Å². The molecular weight excluding hydrogens is 200 g/mol. The predicted molar refractivity (Wildman–Crippen MR) is 64.0 cm³/mol. The van der Waals surface area contributed by atoms with Gasteiger partial charge in [0.15, 0.2) is 0 Å². The maximum Gasteiger partial charge on any atom is 0.208 e. The molecule has 2 atom stereocenters. The molecule has 0 saturated heterocycles. The van der Waals surface area contributed by atoms with Crippen molar-refractivity contribution in [1.29, 1.82) is 0 Å². The topological polar surface area (TPSA) is 38.1 Å². The molecule has 3 nitrogen and oxygen atoms in total. The highest BCUT2D eigenvalue weighted by molar-refractivity contribution is 4.94. The Kier molecular flexibility index (Phi) is 3.06. The number of nitrogens with one attached hydrogen (secondary N) is 1. The molecule has 2 unspecified atom stereocenters. The van der Waals surface area contributed by atoms with Gasteiger partial charge < -0.3 is 9.73 Å². The van der Waals surface area contributed by atoms with Gasteiger partial charge in [0.1, 0.15) is 5.76 Å². The van der Waals surface area contributed by atoms with E-state index in [1.54, 1.807) is 6.20 Å². The third-order valence-electron chi connectivity index (χ3n) is 3.52. The lowest BCUT2D eigenvalue weighted by Crippen LogP contribution is -2.31. The molecule has 0 aromatic carbocycles. The molecule has 0 spiro atoms. The second kappa shape index (κ2) is 4.21. The molecule has 0 radical (unpaired) electrons. The van der Waals surface area contributed by atoms with Gasteiger partial charge in [0.2, 0.25) is 5.89 Å². The predicted octanol–water partition coefficient (Wildman–Crippen LogP) is 2.90. The van der Waals surface area contributed by atoms with E-state index in [-0.39, 0.29) is 0 Å². The highest BCUT2D eigenvalue weighted by Gasteiger charge is 2.36. The number of oxazole rings is 1. The van der Waals surface area contributed by atoms with Crippen LogP contribution in [0.15, 0.2) is 10.6 Å². The SMILES string of the molecule is Cc1cnc(CNC2CC(C)(C)CC2C)o1. The minimum absolute atomic E-state index is 0.476. The number of nitrogens with zero attached hydrogens (tertiary/aromatic N) is 1. The summed E-state index contributed by atoms with van der Waals surface area (Å²) in [6, 6.07) is 0.599. The molecule has 0 aliphatic heterocycles. The molecule has 0 amide bonds. The summed E-state index contributed by atoms with van der Waals surface area (Å²) in [5.41, 5.74) is 0.476. The van der Waals surface area contributed by atoms with Crippen molar-refractivity contribution in [2.24, 2.45) is 11.3 Å². The van der Waals surface area contributed by atoms with E-state index < -0.39 is 0 Å². The highest BCUT2D eigenvalue weighted by Crippen LogP contribution is 2.40. The molecule has 3 heteroatoms. The van der Waals surface area contributed by atoms with Crippen LogP contribution in [0.3, 0.4) is 0 Å². The maximum atomic E-state index is 5.46. The lowest BCUT2D eigenvalue weighted by atomic mass is 9.91. The summed E-state index contributed by atoms with van der Waals surface area (Å²) in [5.74, 6) is 2.43. The normalized spacial score (nSPS) is 28.5. The van der Waals surface area contributed by atoms with E-state index in [4.69, 9.17) is 4.42 Å². The minimum atomic E-state index is 0.476. The molecular formula is C13H22N2O. The maximum absolute atomic E-state index is 5.46. The summed E-state index contributed by atoms with van der Waals surface area (Å²) < 4.78 is 5.46. The van der Waals surface area contributed by atoms with Crippen LogP contribution in [-0.2, 0) is 6.54 Å². The first kappa shape index (κ1) is 11.6. The first-order chi connectivity index (χ1) is 7.46. The molecule has 16 heavy (non-hydrogen) atoms. The van der Waals surface area contributed by atoms with Gasteiger partial charge in [-0.15, -0.1) is 0 Å². The lowest BCUT2D eigenvalue weighted by molar-refractivity contribution is 0.357. The van der Waals surface area contributed by atoms with E-state index in [1.165, 1.54) is 12.8 Å². The van der Waals surface area contributed by atoms with Gasteiger partial charge in [-0.2, -0.15) is 0 Å². The van der Waals surface area contributed by atoms with Crippen molar-refractivity contribution >= 4 is 0 Å². The Morgan fingerprint density at radius 1 is 1.50 bits per heavy atom. The van der Waals surface area contributed by atoms with Crippen molar-refractivity contribution in [3.05, 3.63) is 17.8 Å². The van der Waals surface area contributed by atoms with Crippen molar-refractivity contribution in [2.75, 3.05) is 0 Å². The summed E-state index contributed by atoms with van der Waals surface area (Å²) in [7, 11) is 0. The Hall–Kier alpha value is -0.830. The van der Waals surface area contributed by atoms with Crippen LogP contribution in [-0.4, -0.2) is 11.0 Å². The summed E-state index contributed by atoms with van der Waals surface area (Å²) in [5, 5.41) is 3.56. The lowest BCUT2D eigenvalue weighted by Gasteiger charge is -2.17. The molecule has 1 aliphatic rings. The smallest absolute Gasteiger partial charge is 0.208 e. The number of aromatic nitrogens is 1. The Bertz CT molecular complexity index is 357. The van der Waals surface area contributed by atoms with Crippen LogP contribution < -0.4 is 5.32 Å². The summed E-state index contributed by atoms with van der Waals surface area (Å²) >= 11 is 0. The van der Waals surface area contributed by atoms with Crippen LogP contribution in [0.5, 0.6) is 0 Å². The van der Waals surface area contributed by atoms with Gasteiger partial charge in [-0.3, -0.25) is 0 Å². The Morgan fingerprint density at radius 3 is 2.75 bits per heavy atom. The van der Waals surface area contributed by atoms with Crippen LogP contribution in [0.25, 0.3) is 0 Å². The van der Waals surface area contributed by atoms with Crippen molar-refractivity contribution in [3.63, 3.8) is 0 Å². The number of hydrogen-bond donors (Lipinski definition) is 1. The molecule has 0 bridgehead atoms. The van der Waals surface area contributed by atoms with Crippen molar-refractivity contribution in [1.82, 2.24) is 10.3 Å². The van der Waals surface area contributed by atoms with Crippen LogP contribution in [0, 0.1) is 18.3 Å². The van der Waals surface area contributed by atoms with Gasteiger partial charge in [-0.05, 0) is 31.1 Å². The molecule has 90 valence electrons. The van der Waals surface area contributed by atoms with Gasteiger partial charge in [-0.1, -0.05) is 20.8 Å². The zero-order chi connectivity index (χ0) is 11.8. The number of hydrogen-bond acceptors (Lipinski definition) is 3. The van der Waals surface area contributed by atoms with Crippen LogP contribution >= 0.6 is 0 Å². The largest absolute Gasteiger partial charge is 0.445 e. The molecule has 1 aliphatic carbocycles. The highest BCUT2D eigenvalue weighted by atomic mass is 16.4. The van der Waals surface area contributed by atoms with Crippen molar-refractivity contribution in [2.45, 2.75) is 53.1 Å². The van der Waals surface area contributed by atoms with Crippen LogP contribution in [0.1, 0.15) is 45.3 Å². The fraction of sp³-hybridized carbons (Fsp3) is 0.769. The second-order valence-corrected chi connectivity index (χ2v) is 5.90. The molecule has 1 N–H and O–H groups in total. The fourth-order valence-corrected chi connectivity index (χ4v) is 2.87. The Morgan fingerprint density at radius 2 is 2.25 bits per heavy atom. The number of rotatable bonds is 3. The van der Waals surface area contributed by atoms with Crippen molar-refractivity contribution < 1.29 is 4.42 Å². The quantitative estimate of drug-likeness (QED) is 0.854. The fourth-order valence-electron chi connectivity index (χ4n) is 2.87. The first-order valence-corrected chi connectivity index (χ1v) is 6.11. The molecule has 2 rings (SSSR count). The molecule has 1 fully saturated rings. The zero-order valence-corrected chi connectivity index (χ0v) is 10.7.